The van der Waals surface area contributed by atoms with Crippen molar-refractivity contribution in [1.82, 2.24) is 20.3 Å². The molecule has 2 aromatic carbocycles. The number of hydrogen-bond acceptors (Lipinski definition) is 6. The van der Waals surface area contributed by atoms with E-state index in [-0.39, 0.29) is 17.6 Å². The van der Waals surface area contributed by atoms with Crippen LogP contribution in [0.25, 0.3) is 21.9 Å². The van der Waals surface area contributed by atoms with E-state index in [0.29, 0.717) is 0 Å². The number of anilines is 2. The van der Waals surface area contributed by atoms with E-state index in [0.717, 1.165) is 79.1 Å². The van der Waals surface area contributed by atoms with Crippen molar-refractivity contribution in [2.45, 2.75) is 24.9 Å². The second kappa shape index (κ2) is 8.53. The number of morpholine rings is 1. The fourth-order valence-electron chi connectivity index (χ4n) is 5.04. The number of aromatic nitrogens is 3. The summed E-state index contributed by atoms with van der Waals surface area (Å²) in [5, 5.41) is 8.31. The summed E-state index contributed by atoms with van der Waals surface area (Å²) >= 11 is 0. The normalized spacial score (nSPS) is 21.5. The molecular formula is C25H28N6O2. The Labute approximate surface area is 191 Å². The smallest absolute Gasteiger partial charge is 0.250 e. The fraction of sp³-hybridized carbons (Fsp3) is 0.360. The van der Waals surface area contributed by atoms with Crippen LogP contribution in [0.15, 0.2) is 53.3 Å². The zero-order chi connectivity index (χ0) is 22.2. The van der Waals surface area contributed by atoms with E-state index in [2.05, 4.69) is 43.7 Å². The molecule has 33 heavy (non-hydrogen) atoms. The summed E-state index contributed by atoms with van der Waals surface area (Å²) in [5.41, 5.74) is 4.81. The van der Waals surface area contributed by atoms with Gasteiger partial charge in [-0.3, -0.25) is 4.79 Å². The van der Waals surface area contributed by atoms with Gasteiger partial charge in [0.05, 0.1) is 35.8 Å². The Balaban J connectivity index is 1.31. The summed E-state index contributed by atoms with van der Waals surface area (Å²) in [5.74, 6) is 0.926. The Morgan fingerprint density at radius 1 is 1.03 bits per heavy atom. The molecule has 0 saturated carbocycles. The standard InChI is InChI=1S/C25H28N6O2/c32-23-15-21(17-4-1-2-5-18(17)28-23)27-20-6-3-9-26-24(20)25-29-19-8-7-16(14-22(19)30-25)31-10-12-33-13-11-31/h1-2,4-5,7-8,14-15,20,24,26H,3,6,9-13H2,(H,29,30)(H2,27,28,32). The molecule has 6 rings (SSSR count). The zero-order valence-corrected chi connectivity index (χ0v) is 18.4. The zero-order valence-electron chi connectivity index (χ0n) is 18.4. The molecule has 0 spiro atoms. The summed E-state index contributed by atoms with van der Waals surface area (Å²) in [6.45, 7) is 4.29. The van der Waals surface area contributed by atoms with Crippen LogP contribution in [0.5, 0.6) is 0 Å². The summed E-state index contributed by atoms with van der Waals surface area (Å²) in [6.07, 6.45) is 2.06. The lowest BCUT2D eigenvalue weighted by molar-refractivity contribution is 0.122. The van der Waals surface area contributed by atoms with Gasteiger partial charge in [0.15, 0.2) is 0 Å². The molecule has 4 heterocycles. The maximum Gasteiger partial charge on any atom is 0.250 e. The number of benzene rings is 2. The van der Waals surface area contributed by atoms with Crippen LogP contribution in [0.3, 0.4) is 0 Å². The highest BCUT2D eigenvalue weighted by Crippen LogP contribution is 2.30. The molecule has 8 heteroatoms. The number of fused-ring (bicyclic) bond motifs is 2. The van der Waals surface area contributed by atoms with E-state index in [4.69, 9.17) is 9.72 Å². The molecule has 2 fully saturated rings. The molecule has 170 valence electrons. The quantitative estimate of drug-likeness (QED) is 0.386. The lowest BCUT2D eigenvalue weighted by Gasteiger charge is -2.33. The molecule has 2 aromatic heterocycles. The first-order valence-electron chi connectivity index (χ1n) is 11.7. The lowest BCUT2D eigenvalue weighted by atomic mass is 9.97. The maximum atomic E-state index is 12.2. The van der Waals surface area contributed by atoms with Crippen LogP contribution in [0.2, 0.25) is 0 Å². The Kier molecular flexibility index (Phi) is 5.24. The molecule has 4 aromatic rings. The SMILES string of the molecule is O=c1cc(NC2CCCNC2c2nc3ccc(N4CCOCC4)cc3[nH]2)c2ccccc2[nH]1. The van der Waals surface area contributed by atoms with Crippen LogP contribution in [-0.2, 0) is 4.74 Å². The molecule has 2 saturated heterocycles. The topological polar surface area (TPSA) is 98.1 Å². The van der Waals surface area contributed by atoms with Gasteiger partial charge < -0.3 is 30.2 Å². The number of hydrogen-bond donors (Lipinski definition) is 4. The van der Waals surface area contributed by atoms with E-state index in [1.807, 2.05) is 24.3 Å². The molecule has 2 atom stereocenters. The van der Waals surface area contributed by atoms with Gasteiger partial charge in [0.1, 0.15) is 5.82 Å². The largest absolute Gasteiger partial charge is 0.380 e. The third-order valence-electron chi connectivity index (χ3n) is 6.70. The highest BCUT2D eigenvalue weighted by molar-refractivity contribution is 5.91. The minimum absolute atomic E-state index is 0.0241. The number of ether oxygens (including phenoxy) is 1. The number of pyridine rings is 1. The number of imidazole rings is 1. The van der Waals surface area contributed by atoms with Crippen molar-refractivity contribution in [3.05, 3.63) is 64.7 Å². The van der Waals surface area contributed by atoms with Gasteiger partial charge in [0.25, 0.3) is 0 Å². The van der Waals surface area contributed by atoms with Crippen molar-refractivity contribution in [2.24, 2.45) is 0 Å². The third kappa shape index (κ3) is 3.96. The molecule has 0 bridgehead atoms. The predicted molar refractivity (Wildman–Crippen MR) is 131 cm³/mol. The first kappa shape index (κ1) is 20.3. The maximum absolute atomic E-state index is 12.2. The number of nitrogens with one attached hydrogen (secondary N) is 4. The summed E-state index contributed by atoms with van der Waals surface area (Å²) < 4.78 is 5.49. The molecule has 8 nitrogen and oxygen atoms in total. The number of piperidine rings is 1. The van der Waals surface area contributed by atoms with Crippen molar-refractivity contribution in [3.63, 3.8) is 0 Å². The van der Waals surface area contributed by atoms with E-state index in [9.17, 15) is 4.79 Å². The van der Waals surface area contributed by atoms with E-state index in [1.54, 1.807) is 6.07 Å². The first-order valence-corrected chi connectivity index (χ1v) is 11.7. The predicted octanol–water partition coefficient (Wildman–Crippen LogP) is 3.15. The van der Waals surface area contributed by atoms with E-state index < -0.39 is 0 Å². The first-order chi connectivity index (χ1) is 16.2. The van der Waals surface area contributed by atoms with Crippen LogP contribution in [0.1, 0.15) is 24.7 Å². The number of para-hydroxylation sites is 1. The number of rotatable bonds is 4. The Hall–Kier alpha value is -3.36. The van der Waals surface area contributed by atoms with Crippen LogP contribution < -0.4 is 21.1 Å². The van der Waals surface area contributed by atoms with Gasteiger partial charge in [-0.1, -0.05) is 18.2 Å². The van der Waals surface area contributed by atoms with Crippen molar-refractivity contribution in [3.8, 4) is 0 Å². The number of aromatic amines is 2. The Morgan fingerprint density at radius 2 is 1.91 bits per heavy atom. The number of nitrogens with zero attached hydrogens (tertiary/aromatic N) is 2. The van der Waals surface area contributed by atoms with Gasteiger partial charge in [-0.25, -0.2) is 4.98 Å². The van der Waals surface area contributed by atoms with Gasteiger partial charge in [-0.2, -0.15) is 0 Å². The summed E-state index contributed by atoms with van der Waals surface area (Å²) in [4.78, 5) is 26.0. The van der Waals surface area contributed by atoms with Crippen LogP contribution in [0.4, 0.5) is 11.4 Å². The highest BCUT2D eigenvalue weighted by Gasteiger charge is 2.29. The van der Waals surface area contributed by atoms with Gasteiger partial charge in [-0.05, 0) is 43.7 Å². The van der Waals surface area contributed by atoms with E-state index >= 15 is 0 Å². The molecular weight excluding hydrogens is 416 g/mol. The third-order valence-corrected chi connectivity index (χ3v) is 6.70. The highest BCUT2D eigenvalue weighted by atomic mass is 16.5. The molecule has 0 aliphatic carbocycles. The average molecular weight is 445 g/mol. The summed E-state index contributed by atoms with van der Waals surface area (Å²) in [6, 6.07) is 16.1. The molecule has 0 radical (unpaired) electrons. The Morgan fingerprint density at radius 3 is 2.82 bits per heavy atom. The fourth-order valence-corrected chi connectivity index (χ4v) is 5.04. The molecule has 2 aliphatic heterocycles. The molecule has 4 N–H and O–H groups in total. The Bertz CT molecular complexity index is 1340. The van der Waals surface area contributed by atoms with Gasteiger partial charge >= 0.3 is 0 Å². The van der Waals surface area contributed by atoms with Crippen LogP contribution in [0, 0.1) is 0 Å². The molecule has 0 amide bonds. The second-order valence-corrected chi connectivity index (χ2v) is 8.84. The molecule has 2 unspecified atom stereocenters. The van der Waals surface area contributed by atoms with Crippen molar-refractivity contribution in [2.75, 3.05) is 43.1 Å². The van der Waals surface area contributed by atoms with E-state index in [1.165, 1.54) is 5.69 Å². The van der Waals surface area contributed by atoms with Crippen molar-refractivity contribution in [1.29, 1.82) is 0 Å². The minimum Gasteiger partial charge on any atom is -0.380 e. The average Bonchev–Trinajstić information content (AvgIpc) is 3.28. The van der Waals surface area contributed by atoms with Gasteiger partial charge in [0.2, 0.25) is 5.56 Å². The minimum atomic E-state index is -0.101. The van der Waals surface area contributed by atoms with Crippen molar-refractivity contribution < 1.29 is 4.74 Å². The molecule has 2 aliphatic rings. The monoisotopic (exact) mass is 444 g/mol. The number of H-pyrrole nitrogens is 2. The van der Waals surface area contributed by atoms with Gasteiger partial charge in [-0.15, -0.1) is 0 Å². The van der Waals surface area contributed by atoms with Gasteiger partial charge in [0, 0.05) is 42.0 Å². The lowest BCUT2D eigenvalue weighted by Crippen LogP contribution is -2.42. The summed E-state index contributed by atoms with van der Waals surface area (Å²) in [7, 11) is 0. The second-order valence-electron chi connectivity index (χ2n) is 8.84. The van der Waals surface area contributed by atoms with Crippen LogP contribution in [-0.4, -0.2) is 53.8 Å². The van der Waals surface area contributed by atoms with Crippen molar-refractivity contribution >= 4 is 33.3 Å². The van der Waals surface area contributed by atoms with Crippen LogP contribution >= 0.6 is 0 Å².